The van der Waals surface area contributed by atoms with Gasteiger partial charge in [-0.2, -0.15) is 4.99 Å². The molecule has 36 heavy (non-hydrogen) atoms. The minimum Gasteiger partial charge on any atom is -0.494 e. The van der Waals surface area contributed by atoms with Gasteiger partial charge in [0.15, 0.2) is 5.17 Å². The first-order valence-corrected chi connectivity index (χ1v) is 12.0. The number of carbonyl (C=O) groups is 1. The van der Waals surface area contributed by atoms with E-state index in [9.17, 15) is 13.6 Å². The normalized spacial score (nSPS) is 15.9. The van der Waals surface area contributed by atoms with Crippen molar-refractivity contribution in [1.82, 2.24) is 9.97 Å². The Morgan fingerprint density at radius 3 is 2.69 bits per heavy atom. The van der Waals surface area contributed by atoms with E-state index in [4.69, 9.17) is 20.6 Å². The summed E-state index contributed by atoms with van der Waals surface area (Å²) in [5, 5.41) is 7.74. The fourth-order valence-electron chi connectivity index (χ4n) is 3.46. The maximum atomic E-state index is 13.5. The third kappa shape index (κ3) is 6.35. The van der Waals surface area contributed by atoms with Gasteiger partial charge in [-0.25, -0.2) is 13.8 Å². The minimum atomic E-state index is -2.82. The number of carbonyl (C=O) groups excluding carboxylic acids is 1. The Hall–Kier alpha value is -3.56. The molecule has 2 aromatic rings. The molecule has 1 amide bonds. The first-order chi connectivity index (χ1) is 17.4. The number of aliphatic imine (C=N–C) groups is 1. The van der Waals surface area contributed by atoms with E-state index in [-0.39, 0.29) is 27.1 Å². The number of aromatic nitrogens is 2. The van der Waals surface area contributed by atoms with Gasteiger partial charge in [-0.05, 0) is 42.7 Å². The lowest BCUT2D eigenvalue weighted by atomic mass is 10.00. The molecule has 0 unspecified atom stereocenters. The lowest BCUT2D eigenvalue weighted by Gasteiger charge is -2.28. The molecule has 2 fully saturated rings. The fraction of sp³-hybridized carbons (Fsp3) is 0.375. The summed E-state index contributed by atoms with van der Waals surface area (Å²) in [7, 11) is 1.38. The second-order valence-corrected chi connectivity index (χ2v) is 9.06. The fourth-order valence-corrected chi connectivity index (χ4v) is 3.91. The summed E-state index contributed by atoms with van der Waals surface area (Å²) in [6.45, 7) is 2.20. The van der Waals surface area contributed by atoms with Crippen LogP contribution in [0.4, 0.5) is 14.6 Å². The van der Waals surface area contributed by atoms with Gasteiger partial charge in [-0.3, -0.25) is 15.2 Å². The van der Waals surface area contributed by atoms with E-state index in [1.807, 2.05) is 4.90 Å². The number of rotatable bonds is 5. The molecule has 3 heterocycles. The van der Waals surface area contributed by atoms with Gasteiger partial charge < -0.3 is 20.1 Å². The van der Waals surface area contributed by atoms with Crippen LogP contribution in [0.1, 0.15) is 35.3 Å². The minimum absolute atomic E-state index is 0.0191. The lowest BCUT2D eigenvalue weighted by Crippen LogP contribution is -2.36. The van der Waals surface area contributed by atoms with Gasteiger partial charge in [0.05, 0.1) is 32.1 Å². The summed E-state index contributed by atoms with van der Waals surface area (Å²) in [6.07, 6.45) is 1.75. The molecule has 0 radical (unpaired) electrons. The molecule has 0 spiro atoms. The zero-order valence-corrected chi connectivity index (χ0v) is 20.3. The third-order valence-corrected chi connectivity index (χ3v) is 6.07. The summed E-state index contributed by atoms with van der Waals surface area (Å²) in [5.74, 6) is 5.98. The molecule has 0 aromatic carbocycles. The van der Waals surface area contributed by atoms with Crippen LogP contribution < -0.4 is 15.4 Å². The van der Waals surface area contributed by atoms with Gasteiger partial charge in [0.1, 0.15) is 22.3 Å². The summed E-state index contributed by atoms with van der Waals surface area (Å²) < 4.78 is 37.7. The van der Waals surface area contributed by atoms with Crippen LogP contribution in [0, 0.1) is 23.2 Å². The first-order valence-electron chi connectivity index (χ1n) is 11.2. The molecule has 1 aliphatic carbocycles. The molecule has 2 aromatic heterocycles. The Morgan fingerprint density at radius 1 is 1.28 bits per heavy atom. The van der Waals surface area contributed by atoms with Crippen LogP contribution in [0.15, 0.2) is 29.5 Å². The highest BCUT2D eigenvalue weighted by Gasteiger charge is 2.23. The van der Waals surface area contributed by atoms with Crippen molar-refractivity contribution in [3.63, 3.8) is 0 Å². The number of halogens is 2. The van der Waals surface area contributed by atoms with Crippen LogP contribution in [0.5, 0.6) is 5.75 Å². The molecular formula is C24H24F2N6O3S. The molecule has 3 N–H and O–H groups in total. The largest absolute Gasteiger partial charge is 0.494 e. The number of hydrogen-bond acceptors (Lipinski definition) is 8. The molecule has 9 nitrogen and oxygen atoms in total. The van der Waals surface area contributed by atoms with Gasteiger partial charge in [0.2, 0.25) is 0 Å². The van der Waals surface area contributed by atoms with Crippen LogP contribution in [-0.4, -0.2) is 59.5 Å². The first kappa shape index (κ1) is 25.5. The van der Waals surface area contributed by atoms with Crippen LogP contribution in [0.25, 0.3) is 11.1 Å². The van der Waals surface area contributed by atoms with Gasteiger partial charge in [-0.1, -0.05) is 5.92 Å². The maximum absolute atomic E-state index is 13.5. The summed E-state index contributed by atoms with van der Waals surface area (Å²) in [5.41, 5.74) is 6.01. The van der Waals surface area contributed by atoms with E-state index in [0.29, 0.717) is 43.6 Å². The predicted molar refractivity (Wildman–Crippen MR) is 134 cm³/mol. The highest BCUT2D eigenvalue weighted by atomic mass is 32.2. The topological polar surface area (TPSA) is 127 Å². The van der Waals surface area contributed by atoms with E-state index < -0.39 is 18.0 Å². The molecule has 0 atom stereocenters. The van der Waals surface area contributed by atoms with Crippen molar-refractivity contribution >= 4 is 33.7 Å². The predicted octanol–water partition coefficient (Wildman–Crippen LogP) is 3.51. The molecule has 188 valence electrons. The quantitative estimate of drug-likeness (QED) is 0.353. The Kier molecular flexibility index (Phi) is 8.12. The van der Waals surface area contributed by atoms with Gasteiger partial charge in [-0.15, -0.1) is 0 Å². The van der Waals surface area contributed by atoms with Gasteiger partial charge in [0.25, 0.3) is 12.3 Å². The van der Waals surface area contributed by atoms with Crippen molar-refractivity contribution in [1.29, 1.82) is 5.41 Å². The number of ether oxygens (including phenoxy) is 2. The highest BCUT2D eigenvalue weighted by Crippen LogP contribution is 2.36. The lowest BCUT2D eigenvalue weighted by molar-refractivity contribution is 0.100. The van der Waals surface area contributed by atoms with Crippen LogP contribution in [-0.2, 0) is 4.74 Å². The van der Waals surface area contributed by atoms with E-state index in [0.717, 1.165) is 24.6 Å². The molecule has 1 aliphatic heterocycles. The van der Waals surface area contributed by atoms with Crippen molar-refractivity contribution in [3.05, 3.63) is 35.8 Å². The van der Waals surface area contributed by atoms with Crippen LogP contribution in [0.2, 0.25) is 0 Å². The molecular weight excluding hydrogens is 490 g/mol. The van der Waals surface area contributed by atoms with Crippen molar-refractivity contribution in [2.75, 3.05) is 38.3 Å². The smallest absolute Gasteiger partial charge is 0.281 e. The zero-order chi connectivity index (χ0) is 25.7. The number of amidine groups is 1. The Morgan fingerprint density at radius 2 is 2.03 bits per heavy atom. The van der Waals surface area contributed by atoms with E-state index in [1.54, 1.807) is 6.07 Å². The number of pyridine rings is 2. The number of nitrogens with zero attached hydrogens (tertiary/aromatic N) is 4. The van der Waals surface area contributed by atoms with Crippen molar-refractivity contribution in [2.45, 2.75) is 19.3 Å². The summed E-state index contributed by atoms with van der Waals surface area (Å²) in [4.78, 5) is 27.2. The SMILES string of the molecule is COc1cnc(C(F)F)cc1-c1cc(N2CCOCC2)ncc1C(=O)N=C(N)SC(=N)C#CC1CC1. The molecule has 1 saturated carbocycles. The van der Waals surface area contributed by atoms with Crippen LogP contribution >= 0.6 is 11.8 Å². The molecule has 12 heteroatoms. The number of nitrogens with one attached hydrogen (secondary N) is 1. The number of hydrogen-bond donors (Lipinski definition) is 2. The number of methoxy groups -OCH3 is 1. The van der Waals surface area contributed by atoms with E-state index >= 15 is 0 Å². The van der Waals surface area contributed by atoms with Crippen LogP contribution in [0.3, 0.4) is 0 Å². The zero-order valence-electron chi connectivity index (χ0n) is 19.5. The van der Waals surface area contributed by atoms with E-state index in [2.05, 4.69) is 26.8 Å². The second kappa shape index (κ2) is 11.5. The average molecular weight is 515 g/mol. The molecule has 2 aliphatic rings. The third-order valence-electron chi connectivity index (χ3n) is 5.46. The van der Waals surface area contributed by atoms with Crippen molar-refractivity contribution in [2.24, 2.45) is 16.6 Å². The van der Waals surface area contributed by atoms with Gasteiger partial charge >= 0.3 is 0 Å². The highest BCUT2D eigenvalue weighted by molar-refractivity contribution is 8.26. The maximum Gasteiger partial charge on any atom is 0.281 e. The number of morpholine rings is 1. The van der Waals surface area contributed by atoms with Gasteiger partial charge in [0, 0.05) is 36.3 Å². The standard InChI is InChI=1S/C24H24F2N6O3S/c1-34-19-13-29-18(22(25)26)10-16(19)15-11-21(32-6-8-35-9-7-32)30-12-17(15)23(33)31-24(28)36-20(27)5-4-14-2-3-14/h10-14,22,27H,2-3,6-9H2,1H3,(H2,28,31,33). The Labute approximate surface area is 211 Å². The number of nitrogens with two attached hydrogens (primary N) is 1. The molecule has 4 rings (SSSR count). The summed E-state index contributed by atoms with van der Waals surface area (Å²) >= 11 is 0.774. The summed E-state index contributed by atoms with van der Waals surface area (Å²) in [6, 6.07) is 2.82. The van der Waals surface area contributed by atoms with Crippen molar-refractivity contribution < 1.29 is 23.0 Å². The number of thioether (sulfide) groups is 1. The average Bonchev–Trinajstić information content (AvgIpc) is 3.71. The number of alkyl halides is 2. The molecule has 1 saturated heterocycles. The second-order valence-electron chi connectivity index (χ2n) is 8.03. The number of amides is 1. The Bertz CT molecular complexity index is 1250. The van der Waals surface area contributed by atoms with E-state index in [1.165, 1.54) is 25.6 Å². The molecule has 0 bridgehead atoms. The van der Waals surface area contributed by atoms with Crippen molar-refractivity contribution in [3.8, 4) is 28.7 Å². The number of anilines is 1. The monoisotopic (exact) mass is 514 g/mol. The Balaban J connectivity index is 1.71.